The van der Waals surface area contributed by atoms with Gasteiger partial charge in [0, 0.05) is 30.9 Å². The van der Waals surface area contributed by atoms with E-state index < -0.39 is 0 Å². The molecule has 3 aromatic rings. The van der Waals surface area contributed by atoms with Crippen LogP contribution in [0.15, 0.2) is 24.4 Å². The summed E-state index contributed by atoms with van der Waals surface area (Å²) >= 11 is 7.73. The Morgan fingerprint density at radius 1 is 1.26 bits per heavy atom. The molecule has 0 saturated carbocycles. The van der Waals surface area contributed by atoms with Crippen molar-refractivity contribution in [3.05, 3.63) is 40.7 Å². The maximum Gasteiger partial charge on any atom is 0.278 e. The Morgan fingerprint density at radius 3 is 2.67 bits per heavy atom. The number of aromatic nitrogens is 3. The molecule has 0 aliphatic rings. The van der Waals surface area contributed by atoms with Crippen LogP contribution in [0.3, 0.4) is 0 Å². The molecule has 0 radical (unpaired) electrons. The predicted molar refractivity (Wildman–Crippen MR) is 115 cm³/mol. The lowest BCUT2D eigenvalue weighted by Gasteiger charge is -2.22. The van der Waals surface area contributed by atoms with Crippen molar-refractivity contribution in [2.75, 3.05) is 32.1 Å². The maximum absolute atomic E-state index is 13.2. The lowest BCUT2D eigenvalue weighted by atomic mass is 10.2. The number of nitrogens with zero attached hydrogens (tertiary/aromatic N) is 5. The molecule has 0 N–H and O–H groups in total. The quantitative estimate of drug-likeness (QED) is 0.593. The van der Waals surface area contributed by atoms with Gasteiger partial charge in [0.05, 0.1) is 10.2 Å². The summed E-state index contributed by atoms with van der Waals surface area (Å²) in [5.41, 5.74) is 2.36. The summed E-state index contributed by atoms with van der Waals surface area (Å²) in [6.45, 7) is 5.85. The Labute approximate surface area is 174 Å². The Hall–Kier alpha value is -1.67. The van der Waals surface area contributed by atoms with Crippen LogP contribution in [0.4, 0.5) is 5.13 Å². The molecule has 0 aliphatic carbocycles. The second-order valence-corrected chi connectivity index (χ2v) is 7.72. The number of benzene rings is 1. The van der Waals surface area contributed by atoms with Crippen LogP contribution < -0.4 is 4.90 Å². The number of hydrogen-bond donors (Lipinski definition) is 0. The number of likely N-dealkylation sites (N-methyl/N-ethyl adjacent to an activating group) is 1. The summed E-state index contributed by atoms with van der Waals surface area (Å²) in [4.78, 5) is 21.7. The molecule has 1 amide bonds. The van der Waals surface area contributed by atoms with Crippen LogP contribution in [0.2, 0.25) is 5.02 Å². The standard InChI is InChI=1S/C18H22ClN5OS.ClH/c1-5-24-14(8-9-20-24)17(25)23(11-10-22(3)4)18-21-16-12(2)13(19)6-7-15(16)26-18;/h6-9H,5,10-11H2,1-4H3;1H. The van der Waals surface area contributed by atoms with Crippen molar-refractivity contribution < 1.29 is 4.79 Å². The van der Waals surface area contributed by atoms with Crippen LogP contribution in [0.5, 0.6) is 0 Å². The highest BCUT2D eigenvalue weighted by Crippen LogP contribution is 2.34. The number of thiazole rings is 1. The van der Waals surface area contributed by atoms with Crippen LogP contribution in [0, 0.1) is 6.92 Å². The molecule has 0 aliphatic heterocycles. The highest BCUT2D eigenvalue weighted by molar-refractivity contribution is 7.22. The number of aryl methyl sites for hydroxylation is 2. The molecule has 146 valence electrons. The molecule has 0 fully saturated rings. The van der Waals surface area contributed by atoms with Crippen molar-refractivity contribution in [3.8, 4) is 0 Å². The van der Waals surface area contributed by atoms with Gasteiger partial charge in [-0.15, -0.1) is 12.4 Å². The lowest BCUT2D eigenvalue weighted by molar-refractivity contribution is 0.0975. The van der Waals surface area contributed by atoms with Crippen molar-refractivity contribution in [3.63, 3.8) is 0 Å². The molecule has 0 unspecified atom stereocenters. The summed E-state index contributed by atoms with van der Waals surface area (Å²) in [7, 11) is 3.97. The second kappa shape index (κ2) is 9.01. The molecule has 0 bridgehead atoms. The highest BCUT2D eigenvalue weighted by Gasteiger charge is 2.24. The average molecular weight is 428 g/mol. The lowest BCUT2D eigenvalue weighted by Crippen LogP contribution is -2.37. The van der Waals surface area contributed by atoms with Crippen molar-refractivity contribution in [1.82, 2.24) is 19.7 Å². The molecule has 0 atom stereocenters. The number of carbonyl (C=O) groups is 1. The van der Waals surface area contributed by atoms with Crippen molar-refractivity contribution in [2.45, 2.75) is 20.4 Å². The third-order valence-electron chi connectivity index (χ3n) is 4.22. The number of carbonyl (C=O) groups excluding carboxylic acids is 1. The topological polar surface area (TPSA) is 54.3 Å². The fraction of sp³-hybridized carbons (Fsp3) is 0.389. The van der Waals surface area contributed by atoms with Gasteiger partial charge in [0.25, 0.3) is 5.91 Å². The molecule has 27 heavy (non-hydrogen) atoms. The Bertz CT molecular complexity index is 937. The second-order valence-electron chi connectivity index (χ2n) is 6.31. The van der Waals surface area contributed by atoms with E-state index in [1.165, 1.54) is 11.3 Å². The fourth-order valence-electron chi connectivity index (χ4n) is 2.69. The summed E-state index contributed by atoms with van der Waals surface area (Å²) in [5.74, 6) is -0.0889. The SMILES string of the molecule is CCn1nccc1C(=O)N(CCN(C)C)c1nc2c(C)c(Cl)ccc2s1.Cl. The largest absolute Gasteiger partial charge is 0.308 e. The van der Waals surface area contributed by atoms with E-state index in [1.54, 1.807) is 21.8 Å². The predicted octanol–water partition coefficient (Wildman–Crippen LogP) is 4.10. The van der Waals surface area contributed by atoms with Gasteiger partial charge in [-0.2, -0.15) is 5.10 Å². The minimum Gasteiger partial charge on any atom is -0.308 e. The van der Waals surface area contributed by atoms with Gasteiger partial charge in [-0.25, -0.2) is 4.98 Å². The summed E-state index contributed by atoms with van der Waals surface area (Å²) in [6, 6.07) is 5.58. The summed E-state index contributed by atoms with van der Waals surface area (Å²) in [5, 5.41) is 5.59. The van der Waals surface area contributed by atoms with E-state index in [0.29, 0.717) is 28.9 Å². The number of amides is 1. The van der Waals surface area contributed by atoms with Crippen molar-refractivity contribution in [1.29, 1.82) is 0 Å². The molecule has 6 nitrogen and oxygen atoms in total. The van der Waals surface area contributed by atoms with Crippen molar-refractivity contribution in [2.24, 2.45) is 0 Å². The Morgan fingerprint density at radius 2 is 2.00 bits per heavy atom. The third kappa shape index (κ3) is 4.43. The fourth-order valence-corrected chi connectivity index (χ4v) is 3.89. The summed E-state index contributed by atoms with van der Waals surface area (Å²) in [6.07, 6.45) is 1.66. The van der Waals surface area contributed by atoms with Crippen LogP contribution in [-0.4, -0.2) is 52.8 Å². The molecule has 3 rings (SSSR count). The van der Waals surface area contributed by atoms with Gasteiger partial charge in [0.15, 0.2) is 5.13 Å². The first-order chi connectivity index (χ1) is 12.4. The maximum atomic E-state index is 13.2. The molecule has 1 aromatic carbocycles. The summed E-state index contributed by atoms with van der Waals surface area (Å²) < 4.78 is 2.73. The third-order valence-corrected chi connectivity index (χ3v) is 5.67. The van der Waals surface area contributed by atoms with E-state index in [0.717, 1.165) is 22.3 Å². The van der Waals surface area contributed by atoms with Crippen LogP contribution >= 0.6 is 35.3 Å². The number of fused-ring (bicyclic) bond motifs is 1. The monoisotopic (exact) mass is 427 g/mol. The van der Waals surface area contributed by atoms with Gasteiger partial charge in [0.1, 0.15) is 5.69 Å². The minimum absolute atomic E-state index is 0. The van der Waals surface area contributed by atoms with Crippen LogP contribution in [0.25, 0.3) is 10.2 Å². The molecule has 0 spiro atoms. The van der Waals surface area contributed by atoms with E-state index in [4.69, 9.17) is 16.6 Å². The van der Waals surface area contributed by atoms with E-state index in [2.05, 4.69) is 5.10 Å². The van der Waals surface area contributed by atoms with Crippen LogP contribution in [-0.2, 0) is 6.54 Å². The van der Waals surface area contributed by atoms with Crippen molar-refractivity contribution >= 4 is 56.6 Å². The first-order valence-corrected chi connectivity index (χ1v) is 9.65. The molecule has 9 heteroatoms. The Balaban J connectivity index is 0.00000261. The van der Waals surface area contributed by atoms with Gasteiger partial charge in [-0.3, -0.25) is 14.4 Å². The molecule has 0 saturated heterocycles. The zero-order chi connectivity index (χ0) is 18.8. The number of rotatable bonds is 6. The first kappa shape index (κ1) is 21.6. The molecular formula is C18H23Cl2N5OS. The molecule has 2 heterocycles. The number of anilines is 1. The normalized spacial score (nSPS) is 11.0. The number of hydrogen-bond acceptors (Lipinski definition) is 5. The molecular weight excluding hydrogens is 405 g/mol. The molecule has 2 aromatic heterocycles. The minimum atomic E-state index is -0.0889. The van der Waals surface area contributed by atoms with Gasteiger partial charge < -0.3 is 4.90 Å². The van der Waals surface area contributed by atoms with Crippen LogP contribution in [0.1, 0.15) is 23.0 Å². The zero-order valence-corrected chi connectivity index (χ0v) is 18.2. The highest BCUT2D eigenvalue weighted by atomic mass is 35.5. The average Bonchev–Trinajstić information content (AvgIpc) is 3.25. The zero-order valence-electron chi connectivity index (χ0n) is 15.8. The number of halogens is 2. The van der Waals surface area contributed by atoms with E-state index in [1.807, 2.05) is 45.0 Å². The first-order valence-electron chi connectivity index (χ1n) is 8.46. The van der Waals surface area contributed by atoms with E-state index >= 15 is 0 Å². The van der Waals surface area contributed by atoms with E-state index in [-0.39, 0.29) is 18.3 Å². The van der Waals surface area contributed by atoms with Gasteiger partial charge >= 0.3 is 0 Å². The van der Waals surface area contributed by atoms with Gasteiger partial charge in [-0.05, 0) is 51.7 Å². The van der Waals surface area contributed by atoms with E-state index in [9.17, 15) is 4.79 Å². The Kier molecular flexibility index (Phi) is 7.22. The smallest absolute Gasteiger partial charge is 0.278 e. The van der Waals surface area contributed by atoms with Gasteiger partial charge in [-0.1, -0.05) is 22.9 Å². The van der Waals surface area contributed by atoms with Gasteiger partial charge in [0.2, 0.25) is 0 Å².